The van der Waals surface area contributed by atoms with Crippen LogP contribution in [0.1, 0.15) is 48.1 Å². The first-order chi connectivity index (χ1) is 13.0. The molecule has 27 heavy (non-hydrogen) atoms. The van der Waals surface area contributed by atoms with Crippen LogP contribution in [-0.2, 0) is 12.8 Å². The van der Waals surface area contributed by atoms with Gasteiger partial charge in [-0.2, -0.15) is 0 Å². The largest absolute Gasteiger partial charge is 0.407 e. The van der Waals surface area contributed by atoms with Crippen LogP contribution in [0.2, 0.25) is 0 Å². The minimum atomic E-state index is -0.265. The Morgan fingerprint density at radius 1 is 1.04 bits per heavy atom. The van der Waals surface area contributed by atoms with E-state index in [2.05, 4.69) is 60.6 Å². The number of carbonyl (C=O) groups excluding carboxylic acids is 1. The lowest BCUT2D eigenvalue weighted by Gasteiger charge is -2.05. The summed E-state index contributed by atoms with van der Waals surface area (Å²) in [5.41, 5.74) is 2.93. The van der Waals surface area contributed by atoms with Gasteiger partial charge >= 0.3 is 6.01 Å². The number of carbonyl (C=O) groups is 1. The molecule has 1 amide bonds. The molecule has 0 spiro atoms. The van der Waals surface area contributed by atoms with Gasteiger partial charge in [0.1, 0.15) is 0 Å². The lowest BCUT2D eigenvalue weighted by molar-refractivity contribution is 0.102. The van der Waals surface area contributed by atoms with E-state index in [1.54, 1.807) is 23.9 Å². The number of thioether (sulfide) groups is 1. The summed E-state index contributed by atoms with van der Waals surface area (Å²) in [6.45, 7) is 6.39. The number of benzene rings is 2. The maximum Gasteiger partial charge on any atom is 0.322 e. The molecule has 1 aromatic heterocycles. The van der Waals surface area contributed by atoms with Gasteiger partial charge in [-0.25, -0.2) is 0 Å². The van der Waals surface area contributed by atoms with Crippen LogP contribution in [0.4, 0.5) is 6.01 Å². The summed E-state index contributed by atoms with van der Waals surface area (Å²) >= 11 is 1.76. The summed E-state index contributed by atoms with van der Waals surface area (Å²) in [6.07, 6.45) is 1.54. The zero-order valence-corrected chi connectivity index (χ0v) is 16.5. The number of rotatable bonds is 7. The van der Waals surface area contributed by atoms with Gasteiger partial charge in [-0.1, -0.05) is 50.1 Å². The minimum absolute atomic E-state index is 0.112. The van der Waals surface area contributed by atoms with Crippen molar-refractivity contribution in [1.29, 1.82) is 0 Å². The number of anilines is 1. The van der Waals surface area contributed by atoms with E-state index in [4.69, 9.17) is 4.42 Å². The molecule has 1 N–H and O–H groups in total. The Labute approximate surface area is 163 Å². The number of hydrogen-bond donors (Lipinski definition) is 1. The van der Waals surface area contributed by atoms with E-state index in [0.29, 0.717) is 23.1 Å². The summed E-state index contributed by atoms with van der Waals surface area (Å²) in [6, 6.07) is 15.9. The fraction of sp³-hybridized carbons (Fsp3) is 0.286. The number of aromatic nitrogens is 2. The molecule has 0 saturated heterocycles. The van der Waals surface area contributed by atoms with E-state index in [9.17, 15) is 4.79 Å². The fourth-order valence-electron chi connectivity index (χ4n) is 2.57. The van der Waals surface area contributed by atoms with Crippen molar-refractivity contribution in [1.82, 2.24) is 10.2 Å². The average Bonchev–Trinajstić information content (AvgIpc) is 3.09. The van der Waals surface area contributed by atoms with Crippen LogP contribution in [0.25, 0.3) is 0 Å². The Morgan fingerprint density at radius 3 is 2.33 bits per heavy atom. The van der Waals surface area contributed by atoms with Crippen molar-refractivity contribution in [3.8, 4) is 0 Å². The molecule has 0 aliphatic heterocycles. The Morgan fingerprint density at radius 2 is 1.70 bits per heavy atom. The fourth-order valence-corrected chi connectivity index (χ4v) is 3.41. The van der Waals surface area contributed by atoms with Crippen molar-refractivity contribution in [3.63, 3.8) is 0 Å². The molecule has 140 valence electrons. The van der Waals surface area contributed by atoms with Crippen molar-refractivity contribution < 1.29 is 9.21 Å². The molecule has 0 aliphatic rings. The third kappa shape index (κ3) is 5.44. The van der Waals surface area contributed by atoms with Gasteiger partial charge in [-0.15, -0.1) is 16.9 Å². The van der Waals surface area contributed by atoms with Crippen LogP contribution in [-0.4, -0.2) is 21.4 Å². The molecule has 1 heterocycles. The Balaban J connectivity index is 1.60. The van der Waals surface area contributed by atoms with Gasteiger partial charge in [0, 0.05) is 15.7 Å². The molecule has 0 fully saturated rings. The second-order valence-corrected chi connectivity index (χ2v) is 8.14. The van der Waals surface area contributed by atoms with Gasteiger partial charge in [0.25, 0.3) is 5.91 Å². The molecule has 0 aliphatic carbocycles. The van der Waals surface area contributed by atoms with Crippen molar-refractivity contribution in [2.24, 2.45) is 0 Å². The molecule has 0 atom stereocenters. The van der Waals surface area contributed by atoms with Crippen LogP contribution >= 0.6 is 11.8 Å². The van der Waals surface area contributed by atoms with Crippen molar-refractivity contribution in [3.05, 3.63) is 71.1 Å². The molecule has 0 bridgehead atoms. The van der Waals surface area contributed by atoms with Crippen LogP contribution in [0.5, 0.6) is 0 Å². The van der Waals surface area contributed by atoms with Gasteiger partial charge in [0.05, 0.1) is 6.42 Å². The third-order valence-electron chi connectivity index (χ3n) is 3.96. The maximum absolute atomic E-state index is 12.3. The molecule has 3 aromatic rings. The molecule has 5 nitrogen and oxygen atoms in total. The summed E-state index contributed by atoms with van der Waals surface area (Å²) < 4.78 is 5.55. The predicted molar refractivity (Wildman–Crippen MR) is 108 cm³/mol. The summed E-state index contributed by atoms with van der Waals surface area (Å²) in [5, 5.41) is 11.1. The lowest BCUT2D eigenvalue weighted by Crippen LogP contribution is -2.12. The van der Waals surface area contributed by atoms with Gasteiger partial charge < -0.3 is 4.42 Å². The normalized spacial score (nSPS) is 11.0. The average molecular weight is 382 g/mol. The number of nitrogens with one attached hydrogen (secondary N) is 1. The molecule has 0 unspecified atom stereocenters. The highest BCUT2D eigenvalue weighted by molar-refractivity contribution is 7.99. The molecule has 2 aromatic carbocycles. The second-order valence-electron chi connectivity index (χ2n) is 6.49. The monoisotopic (exact) mass is 381 g/mol. The topological polar surface area (TPSA) is 68.0 Å². The molecular weight excluding hydrogens is 358 g/mol. The summed E-state index contributed by atoms with van der Waals surface area (Å²) in [4.78, 5) is 13.5. The molecule has 3 rings (SSSR count). The van der Waals surface area contributed by atoms with Gasteiger partial charge in [0.2, 0.25) is 5.89 Å². The van der Waals surface area contributed by atoms with Crippen LogP contribution in [0, 0.1) is 0 Å². The van der Waals surface area contributed by atoms with E-state index < -0.39 is 0 Å². The number of aryl methyl sites for hydroxylation is 1. The SMILES string of the molecule is CCc1ccc(Cc2nnc(NC(=O)c3ccc(SC(C)C)cc3)o2)cc1. The Bertz CT molecular complexity index is 887. The number of hydrogen-bond acceptors (Lipinski definition) is 5. The van der Waals surface area contributed by atoms with Gasteiger partial charge in [-0.05, 0) is 41.8 Å². The summed E-state index contributed by atoms with van der Waals surface area (Å²) in [7, 11) is 0. The van der Waals surface area contributed by atoms with Crippen LogP contribution in [0.3, 0.4) is 0 Å². The smallest absolute Gasteiger partial charge is 0.322 e. The number of amides is 1. The van der Waals surface area contributed by atoms with E-state index >= 15 is 0 Å². The highest BCUT2D eigenvalue weighted by Gasteiger charge is 2.12. The lowest BCUT2D eigenvalue weighted by atomic mass is 10.1. The van der Waals surface area contributed by atoms with E-state index in [-0.39, 0.29) is 11.9 Å². The molecule has 6 heteroatoms. The van der Waals surface area contributed by atoms with Gasteiger partial charge in [-0.3, -0.25) is 10.1 Å². The summed E-state index contributed by atoms with van der Waals surface area (Å²) in [5.74, 6) is 0.205. The van der Waals surface area contributed by atoms with Crippen molar-refractivity contribution >= 4 is 23.7 Å². The Kier molecular flexibility index (Phi) is 6.29. The highest BCUT2D eigenvalue weighted by Crippen LogP contribution is 2.23. The highest BCUT2D eigenvalue weighted by atomic mass is 32.2. The second kappa shape index (κ2) is 8.86. The molecular formula is C21H23N3O2S. The molecule has 0 saturated carbocycles. The Hall–Kier alpha value is -2.60. The third-order valence-corrected chi connectivity index (χ3v) is 4.98. The first-order valence-electron chi connectivity index (χ1n) is 9.01. The van der Waals surface area contributed by atoms with E-state index in [0.717, 1.165) is 16.9 Å². The van der Waals surface area contributed by atoms with Crippen molar-refractivity contribution in [2.75, 3.05) is 5.32 Å². The van der Waals surface area contributed by atoms with Crippen LogP contribution in [0.15, 0.2) is 57.8 Å². The molecule has 0 radical (unpaired) electrons. The number of nitrogens with zero attached hydrogens (tertiary/aromatic N) is 2. The first-order valence-corrected chi connectivity index (χ1v) is 9.89. The standard InChI is InChI=1S/C21H23N3O2S/c1-4-15-5-7-16(8-6-15)13-19-23-24-21(26-19)22-20(25)17-9-11-18(12-10-17)27-14(2)3/h5-12,14H,4,13H2,1-3H3,(H,22,24,25). The van der Waals surface area contributed by atoms with E-state index in [1.165, 1.54) is 5.56 Å². The minimum Gasteiger partial charge on any atom is -0.407 e. The zero-order valence-electron chi connectivity index (χ0n) is 15.7. The maximum atomic E-state index is 12.3. The predicted octanol–water partition coefficient (Wildman–Crippen LogP) is 4.98. The van der Waals surface area contributed by atoms with E-state index in [1.807, 2.05) is 12.1 Å². The van der Waals surface area contributed by atoms with Crippen molar-refractivity contribution in [2.45, 2.75) is 43.8 Å². The first kappa shape index (κ1) is 19.2. The zero-order chi connectivity index (χ0) is 19.2. The van der Waals surface area contributed by atoms with Crippen LogP contribution < -0.4 is 5.32 Å². The quantitative estimate of drug-likeness (QED) is 0.585. The van der Waals surface area contributed by atoms with Gasteiger partial charge in [0.15, 0.2) is 0 Å².